The molecule has 0 aliphatic carbocycles. The number of anilines is 1. The summed E-state index contributed by atoms with van der Waals surface area (Å²) in [6.07, 6.45) is 4.64. The monoisotopic (exact) mass is 324 g/mol. The van der Waals surface area contributed by atoms with Gasteiger partial charge in [-0.25, -0.2) is 0 Å². The lowest BCUT2D eigenvalue weighted by Gasteiger charge is -2.12. The smallest absolute Gasteiger partial charge is 0.196 e. The van der Waals surface area contributed by atoms with Crippen molar-refractivity contribution in [1.29, 1.82) is 5.26 Å². The van der Waals surface area contributed by atoms with Crippen molar-refractivity contribution in [3.8, 4) is 11.9 Å². The first-order valence-corrected chi connectivity index (χ1v) is 7.71. The molecule has 0 unspecified atom stereocenters. The SMILES string of the molecule is N#Cc1cnn(-c2nn3c(c2Cl)CCCC3)c1NCCCl. The van der Waals surface area contributed by atoms with Gasteiger partial charge in [-0.2, -0.15) is 20.1 Å². The molecular weight excluding hydrogens is 311 g/mol. The van der Waals surface area contributed by atoms with Gasteiger partial charge in [0.05, 0.1) is 11.9 Å². The third-order valence-corrected chi connectivity index (χ3v) is 4.06. The number of halogens is 2. The molecule has 8 heteroatoms. The van der Waals surface area contributed by atoms with Gasteiger partial charge in [-0.1, -0.05) is 11.6 Å². The second-order valence-corrected chi connectivity index (χ2v) is 5.57. The zero-order valence-electron chi connectivity index (χ0n) is 11.3. The third-order valence-electron chi connectivity index (χ3n) is 3.49. The molecular formula is C13H14Cl2N6. The van der Waals surface area contributed by atoms with Crippen molar-refractivity contribution in [2.24, 2.45) is 0 Å². The molecule has 0 saturated heterocycles. The Kier molecular flexibility index (Phi) is 4.04. The molecule has 1 N–H and O–H groups in total. The largest absolute Gasteiger partial charge is 0.368 e. The number of aromatic nitrogens is 4. The molecule has 21 heavy (non-hydrogen) atoms. The molecule has 2 aromatic rings. The molecule has 0 aromatic carbocycles. The number of hydrogen-bond donors (Lipinski definition) is 1. The summed E-state index contributed by atoms with van der Waals surface area (Å²) in [6.45, 7) is 1.40. The molecule has 0 radical (unpaired) electrons. The molecule has 110 valence electrons. The van der Waals surface area contributed by atoms with Crippen molar-refractivity contribution in [1.82, 2.24) is 19.6 Å². The Morgan fingerprint density at radius 1 is 1.43 bits per heavy atom. The number of rotatable bonds is 4. The molecule has 0 amide bonds. The number of aryl methyl sites for hydroxylation is 1. The second kappa shape index (κ2) is 5.96. The predicted octanol–water partition coefficient (Wildman–Crippen LogP) is 2.58. The summed E-state index contributed by atoms with van der Waals surface area (Å²) >= 11 is 12.2. The van der Waals surface area contributed by atoms with E-state index in [-0.39, 0.29) is 0 Å². The van der Waals surface area contributed by atoms with Crippen LogP contribution in [0, 0.1) is 11.3 Å². The van der Waals surface area contributed by atoms with E-state index in [1.807, 2.05) is 4.68 Å². The molecule has 1 aliphatic heterocycles. The lowest BCUT2D eigenvalue weighted by atomic mass is 10.1. The minimum absolute atomic E-state index is 0.434. The minimum Gasteiger partial charge on any atom is -0.368 e. The first kappa shape index (κ1) is 14.2. The molecule has 1 aliphatic rings. The second-order valence-electron chi connectivity index (χ2n) is 4.81. The van der Waals surface area contributed by atoms with Gasteiger partial charge >= 0.3 is 0 Å². The Labute approximate surface area is 132 Å². The van der Waals surface area contributed by atoms with Crippen molar-refractivity contribution in [3.63, 3.8) is 0 Å². The van der Waals surface area contributed by atoms with Gasteiger partial charge in [0.1, 0.15) is 22.5 Å². The van der Waals surface area contributed by atoms with E-state index in [0.717, 1.165) is 31.5 Å². The van der Waals surface area contributed by atoms with Crippen molar-refractivity contribution in [2.75, 3.05) is 17.7 Å². The summed E-state index contributed by atoms with van der Waals surface area (Å²) in [6, 6.07) is 2.11. The van der Waals surface area contributed by atoms with Gasteiger partial charge in [0, 0.05) is 19.0 Å². The summed E-state index contributed by atoms with van der Waals surface area (Å²) in [5.41, 5.74) is 1.48. The number of nitriles is 1. The molecule has 0 atom stereocenters. The molecule has 3 heterocycles. The number of hydrogen-bond acceptors (Lipinski definition) is 4. The fraction of sp³-hybridized carbons (Fsp3) is 0.462. The Hall–Kier alpha value is -1.71. The number of fused-ring (bicyclic) bond motifs is 1. The van der Waals surface area contributed by atoms with Crippen molar-refractivity contribution >= 4 is 29.0 Å². The molecule has 2 aromatic heterocycles. The van der Waals surface area contributed by atoms with Crippen LogP contribution >= 0.6 is 23.2 Å². The summed E-state index contributed by atoms with van der Waals surface area (Å²) in [7, 11) is 0. The van der Waals surface area contributed by atoms with Crippen molar-refractivity contribution < 1.29 is 0 Å². The Balaban J connectivity index is 2.06. The maximum absolute atomic E-state index is 9.17. The predicted molar refractivity (Wildman–Crippen MR) is 81.2 cm³/mol. The van der Waals surface area contributed by atoms with E-state index in [1.165, 1.54) is 6.20 Å². The molecule has 0 fully saturated rings. The average molecular weight is 325 g/mol. The van der Waals surface area contributed by atoms with Crippen LogP contribution in [-0.4, -0.2) is 32.0 Å². The molecule has 0 bridgehead atoms. The standard InChI is InChI=1S/C13H14Cl2N6/c14-4-5-17-12-9(7-16)8-18-21(12)13-11(15)10-3-1-2-6-20(10)19-13/h8,17H,1-6H2. The Bertz CT molecular complexity index is 696. The number of nitrogens with one attached hydrogen (secondary N) is 1. The van der Waals surface area contributed by atoms with Gasteiger partial charge in [0.15, 0.2) is 5.82 Å². The Morgan fingerprint density at radius 2 is 2.29 bits per heavy atom. The van der Waals surface area contributed by atoms with Crippen LogP contribution in [0.15, 0.2) is 6.20 Å². The van der Waals surface area contributed by atoms with E-state index in [0.29, 0.717) is 34.6 Å². The fourth-order valence-corrected chi connectivity index (χ4v) is 2.91. The van der Waals surface area contributed by atoms with Crippen LogP contribution in [-0.2, 0) is 13.0 Å². The van der Waals surface area contributed by atoms with E-state index in [2.05, 4.69) is 21.6 Å². The van der Waals surface area contributed by atoms with Crippen LogP contribution in [0.2, 0.25) is 5.02 Å². The normalized spacial score (nSPS) is 13.8. The van der Waals surface area contributed by atoms with Gasteiger partial charge < -0.3 is 5.32 Å². The highest BCUT2D eigenvalue weighted by Crippen LogP contribution is 2.30. The zero-order chi connectivity index (χ0) is 14.8. The van der Waals surface area contributed by atoms with Gasteiger partial charge in [0.2, 0.25) is 0 Å². The van der Waals surface area contributed by atoms with Crippen LogP contribution in [0.1, 0.15) is 24.1 Å². The summed E-state index contributed by atoms with van der Waals surface area (Å²) in [4.78, 5) is 0. The van der Waals surface area contributed by atoms with Gasteiger partial charge in [0.25, 0.3) is 0 Å². The van der Waals surface area contributed by atoms with Crippen LogP contribution < -0.4 is 5.32 Å². The van der Waals surface area contributed by atoms with Crippen LogP contribution in [0.4, 0.5) is 5.82 Å². The summed E-state index contributed by atoms with van der Waals surface area (Å²) in [5, 5.41) is 21.7. The lowest BCUT2D eigenvalue weighted by molar-refractivity contribution is 0.484. The third kappa shape index (κ3) is 2.47. The van der Waals surface area contributed by atoms with Crippen molar-refractivity contribution in [2.45, 2.75) is 25.8 Å². The van der Waals surface area contributed by atoms with E-state index >= 15 is 0 Å². The number of nitrogens with zero attached hydrogens (tertiary/aromatic N) is 5. The number of alkyl halides is 1. The lowest BCUT2D eigenvalue weighted by Crippen LogP contribution is -2.12. The topological polar surface area (TPSA) is 71.5 Å². The quantitative estimate of drug-likeness (QED) is 0.877. The first-order chi connectivity index (χ1) is 10.3. The minimum atomic E-state index is 0.434. The van der Waals surface area contributed by atoms with Gasteiger partial charge in [-0.05, 0) is 19.3 Å². The molecule has 6 nitrogen and oxygen atoms in total. The van der Waals surface area contributed by atoms with Gasteiger partial charge in [-0.3, -0.25) is 4.68 Å². The average Bonchev–Trinajstić information content (AvgIpc) is 3.06. The Morgan fingerprint density at radius 3 is 3.00 bits per heavy atom. The fourth-order valence-electron chi connectivity index (χ4n) is 2.50. The molecule has 0 spiro atoms. The van der Waals surface area contributed by atoms with E-state index in [1.54, 1.807) is 4.68 Å². The summed E-state index contributed by atoms with van der Waals surface area (Å²) < 4.78 is 3.51. The van der Waals surface area contributed by atoms with E-state index in [4.69, 9.17) is 23.2 Å². The summed E-state index contributed by atoms with van der Waals surface area (Å²) in [5.74, 6) is 1.58. The van der Waals surface area contributed by atoms with E-state index < -0.39 is 0 Å². The highest BCUT2D eigenvalue weighted by atomic mass is 35.5. The van der Waals surface area contributed by atoms with E-state index in [9.17, 15) is 5.26 Å². The molecule has 3 rings (SSSR count). The maximum Gasteiger partial charge on any atom is 0.196 e. The highest BCUT2D eigenvalue weighted by molar-refractivity contribution is 6.33. The van der Waals surface area contributed by atoms with Gasteiger partial charge in [-0.15, -0.1) is 11.6 Å². The zero-order valence-corrected chi connectivity index (χ0v) is 12.8. The van der Waals surface area contributed by atoms with Crippen molar-refractivity contribution in [3.05, 3.63) is 22.5 Å². The molecule has 0 saturated carbocycles. The van der Waals surface area contributed by atoms with Crippen LogP contribution in [0.5, 0.6) is 0 Å². The van der Waals surface area contributed by atoms with Crippen LogP contribution in [0.3, 0.4) is 0 Å². The van der Waals surface area contributed by atoms with Crippen LogP contribution in [0.25, 0.3) is 5.82 Å². The first-order valence-electron chi connectivity index (χ1n) is 6.79. The maximum atomic E-state index is 9.17. The highest BCUT2D eigenvalue weighted by Gasteiger charge is 2.23.